The van der Waals surface area contributed by atoms with Gasteiger partial charge in [0.1, 0.15) is 5.75 Å². The molecule has 0 saturated carbocycles. The van der Waals surface area contributed by atoms with E-state index in [0.717, 1.165) is 19.3 Å². The molecule has 1 atom stereocenters. The van der Waals surface area contributed by atoms with Crippen molar-refractivity contribution in [2.45, 2.75) is 77.6 Å². The van der Waals surface area contributed by atoms with E-state index in [2.05, 4.69) is 6.92 Å². The minimum absolute atomic E-state index is 0.262. The molecule has 0 aliphatic rings. The lowest BCUT2D eigenvalue weighted by Gasteiger charge is -2.12. The van der Waals surface area contributed by atoms with E-state index in [-0.39, 0.29) is 6.61 Å². The predicted molar refractivity (Wildman–Crippen MR) is 99.3 cm³/mol. The average molecular weight is 356 g/mol. The van der Waals surface area contributed by atoms with Crippen LogP contribution >= 0.6 is 7.82 Å². The predicted octanol–water partition coefficient (Wildman–Crippen LogP) is 6.49. The molecule has 1 aromatic rings. The maximum absolute atomic E-state index is 11.8. The molecule has 1 aromatic carbocycles. The molecule has 5 heteroatoms. The Labute approximate surface area is 147 Å². The van der Waals surface area contributed by atoms with E-state index in [0.29, 0.717) is 5.75 Å². The van der Waals surface area contributed by atoms with Crippen LogP contribution in [0.15, 0.2) is 30.3 Å². The van der Waals surface area contributed by atoms with Crippen molar-refractivity contribution in [3.8, 4) is 5.75 Å². The van der Waals surface area contributed by atoms with Gasteiger partial charge in [-0.2, -0.15) is 0 Å². The first-order valence-corrected chi connectivity index (χ1v) is 10.9. The summed E-state index contributed by atoms with van der Waals surface area (Å²) in [6.07, 6.45) is 13.6. The molecular weight excluding hydrogens is 323 g/mol. The highest BCUT2D eigenvalue weighted by molar-refractivity contribution is 7.47. The lowest BCUT2D eigenvalue weighted by Crippen LogP contribution is -1.99. The zero-order valence-electron chi connectivity index (χ0n) is 15.0. The van der Waals surface area contributed by atoms with Crippen molar-refractivity contribution in [2.24, 2.45) is 0 Å². The highest BCUT2D eigenvalue weighted by Gasteiger charge is 2.22. The van der Waals surface area contributed by atoms with Crippen LogP contribution in [0.5, 0.6) is 5.75 Å². The Morgan fingerprint density at radius 1 is 0.833 bits per heavy atom. The van der Waals surface area contributed by atoms with Gasteiger partial charge in [0.15, 0.2) is 0 Å². The van der Waals surface area contributed by atoms with Crippen LogP contribution in [0.25, 0.3) is 0 Å². The van der Waals surface area contributed by atoms with Crippen molar-refractivity contribution >= 4 is 7.82 Å². The van der Waals surface area contributed by atoms with Crippen molar-refractivity contribution in [2.75, 3.05) is 6.61 Å². The van der Waals surface area contributed by atoms with Crippen LogP contribution in [-0.4, -0.2) is 11.5 Å². The molecule has 0 fully saturated rings. The lowest BCUT2D eigenvalue weighted by atomic mass is 10.1. The van der Waals surface area contributed by atoms with Crippen molar-refractivity contribution in [3.63, 3.8) is 0 Å². The zero-order valence-corrected chi connectivity index (χ0v) is 15.9. The highest BCUT2D eigenvalue weighted by atomic mass is 31.2. The number of rotatable bonds is 15. The lowest BCUT2D eigenvalue weighted by molar-refractivity contribution is 0.199. The molecule has 0 saturated heterocycles. The summed E-state index contributed by atoms with van der Waals surface area (Å²) in [4.78, 5) is 9.64. The van der Waals surface area contributed by atoms with E-state index in [4.69, 9.17) is 9.05 Å². The molecule has 1 unspecified atom stereocenters. The average Bonchev–Trinajstić information content (AvgIpc) is 2.56. The van der Waals surface area contributed by atoms with E-state index in [1.54, 1.807) is 24.3 Å². The van der Waals surface area contributed by atoms with Gasteiger partial charge in [0, 0.05) is 0 Å². The zero-order chi connectivity index (χ0) is 17.5. The molecule has 0 radical (unpaired) electrons. The van der Waals surface area contributed by atoms with E-state index >= 15 is 0 Å². The second kappa shape index (κ2) is 13.5. The fourth-order valence-electron chi connectivity index (χ4n) is 2.59. The van der Waals surface area contributed by atoms with E-state index in [9.17, 15) is 9.46 Å². The summed E-state index contributed by atoms with van der Waals surface area (Å²) in [5, 5.41) is 0. The van der Waals surface area contributed by atoms with Crippen molar-refractivity contribution in [1.82, 2.24) is 0 Å². The maximum Gasteiger partial charge on any atom is 0.527 e. The third-order valence-corrected chi connectivity index (χ3v) is 4.92. The second-order valence-electron chi connectivity index (χ2n) is 6.24. The van der Waals surface area contributed by atoms with Crippen molar-refractivity contribution in [3.05, 3.63) is 30.3 Å². The standard InChI is InChI=1S/C19H33O4P/c1-2-3-4-5-6-7-8-9-10-11-15-18-22-24(20,21)23-19-16-13-12-14-17-19/h12-14,16-17H,2-11,15,18H2,1H3,(H,20,21). The van der Waals surface area contributed by atoms with Gasteiger partial charge in [-0.3, -0.25) is 9.42 Å². The Bertz CT molecular complexity index is 450. The molecule has 138 valence electrons. The third kappa shape index (κ3) is 11.7. The molecule has 0 amide bonds. The number of hydrogen-bond donors (Lipinski definition) is 1. The largest absolute Gasteiger partial charge is 0.527 e. The van der Waals surface area contributed by atoms with E-state index in [1.807, 2.05) is 6.07 Å². The first kappa shape index (κ1) is 21.2. The summed E-state index contributed by atoms with van der Waals surface area (Å²) >= 11 is 0. The molecule has 0 aliphatic heterocycles. The SMILES string of the molecule is CCCCCCCCCCCCCOP(=O)(O)Oc1ccccc1. The summed E-state index contributed by atoms with van der Waals surface area (Å²) in [5.41, 5.74) is 0. The maximum atomic E-state index is 11.8. The van der Waals surface area contributed by atoms with Crippen LogP contribution in [0.4, 0.5) is 0 Å². The number of benzene rings is 1. The number of hydrogen-bond acceptors (Lipinski definition) is 3. The van der Waals surface area contributed by atoms with Crippen LogP contribution < -0.4 is 4.52 Å². The monoisotopic (exact) mass is 356 g/mol. The van der Waals surface area contributed by atoms with Crippen LogP contribution in [0.3, 0.4) is 0 Å². The van der Waals surface area contributed by atoms with Gasteiger partial charge in [-0.15, -0.1) is 0 Å². The molecule has 1 rings (SSSR count). The number of para-hydroxylation sites is 1. The normalized spacial score (nSPS) is 13.6. The Morgan fingerprint density at radius 2 is 1.33 bits per heavy atom. The fourth-order valence-corrected chi connectivity index (χ4v) is 3.39. The summed E-state index contributed by atoms with van der Waals surface area (Å²) in [6.45, 7) is 2.50. The minimum Gasteiger partial charge on any atom is -0.404 e. The highest BCUT2D eigenvalue weighted by Crippen LogP contribution is 2.43. The van der Waals surface area contributed by atoms with Gasteiger partial charge >= 0.3 is 7.82 Å². The smallest absolute Gasteiger partial charge is 0.404 e. The number of phosphoric ester groups is 1. The molecule has 0 spiro atoms. The third-order valence-electron chi connectivity index (χ3n) is 3.97. The van der Waals surface area contributed by atoms with Gasteiger partial charge in [0.25, 0.3) is 0 Å². The van der Waals surface area contributed by atoms with Gasteiger partial charge in [0.2, 0.25) is 0 Å². The van der Waals surface area contributed by atoms with Crippen LogP contribution in [0, 0.1) is 0 Å². The van der Waals surface area contributed by atoms with Gasteiger partial charge in [-0.05, 0) is 18.6 Å². The van der Waals surface area contributed by atoms with Gasteiger partial charge in [0.05, 0.1) is 6.61 Å². The van der Waals surface area contributed by atoms with Gasteiger partial charge in [-0.1, -0.05) is 89.3 Å². The molecule has 1 N–H and O–H groups in total. The van der Waals surface area contributed by atoms with Crippen molar-refractivity contribution < 1.29 is 18.5 Å². The Balaban J connectivity index is 1.93. The number of unbranched alkanes of at least 4 members (excludes halogenated alkanes) is 10. The van der Waals surface area contributed by atoms with Crippen LogP contribution in [0.2, 0.25) is 0 Å². The first-order valence-electron chi connectivity index (χ1n) is 9.36. The Morgan fingerprint density at radius 3 is 1.88 bits per heavy atom. The first-order chi connectivity index (χ1) is 11.6. The van der Waals surface area contributed by atoms with Crippen LogP contribution in [-0.2, 0) is 9.09 Å². The Hall–Kier alpha value is -0.830. The summed E-state index contributed by atoms with van der Waals surface area (Å²) in [5.74, 6) is 0.349. The van der Waals surface area contributed by atoms with E-state index < -0.39 is 7.82 Å². The second-order valence-corrected chi connectivity index (χ2v) is 7.62. The quantitative estimate of drug-likeness (QED) is 0.288. The summed E-state index contributed by atoms with van der Waals surface area (Å²) in [6, 6.07) is 8.59. The molecule has 0 heterocycles. The molecule has 0 aromatic heterocycles. The summed E-state index contributed by atoms with van der Waals surface area (Å²) in [7, 11) is -3.99. The topological polar surface area (TPSA) is 55.8 Å². The molecular formula is C19H33O4P. The Kier molecular flexibility index (Phi) is 11.9. The summed E-state index contributed by atoms with van der Waals surface area (Å²) < 4.78 is 21.8. The van der Waals surface area contributed by atoms with Crippen molar-refractivity contribution in [1.29, 1.82) is 0 Å². The minimum atomic E-state index is -3.99. The van der Waals surface area contributed by atoms with Crippen LogP contribution in [0.1, 0.15) is 77.6 Å². The van der Waals surface area contributed by atoms with E-state index in [1.165, 1.54) is 51.4 Å². The number of phosphoric acid groups is 1. The molecule has 24 heavy (non-hydrogen) atoms. The molecule has 0 aliphatic carbocycles. The molecule has 4 nitrogen and oxygen atoms in total. The van der Waals surface area contributed by atoms with Gasteiger partial charge in [-0.25, -0.2) is 4.57 Å². The van der Waals surface area contributed by atoms with Gasteiger partial charge < -0.3 is 4.52 Å². The molecule has 0 bridgehead atoms. The fraction of sp³-hybridized carbons (Fsp3) is 0.684.